The molecule has 25 heavy (non-hydrogen) atoms. The Bertz CT molecular complexity index is 730. The van der Waals surface area contributed by atoms with Gasteiger partial charge in [0.15, 0.2) is 5.78 Å². The number of carbonyl (C=O) groups is 2. The average Bonchev–Trinajstić information content (AvgIpc) is 2.96. The van der Waals surface area contributed by atoms with Crippen LogP contribution in [0, 0.1) is 40.4 Å². The van der Waals surface area contributed by atoms with E-state index >= 15 is 0 Å². The Hall–Kier alpha value is -0.780. The summed E-state index contributed by atoms with van der Waals surface area (Å²) in [5.74, 6) is -3.43. The van der Waals surface area contributed by atoms with Gasteiger partial charge in [0.1, 0.15) is 5.60 Å². The van der Waals surface area contributed by atoms with E-state index in [2.05, 4.69) is 6.92 Å². The quantitative estimate of drug-likeness (QED) is 0.696. The Kier molecular flexibility index (Phi) is 2.56. The highest BCUT2D eigenvalue weighted by Gasteiger charge is 2.94. The molecule has 138 valence electrons. The molecule has 0 aromatic rings. The molecule has 9 atom stereocenters. The molecule has 0 aromatic carbocycles. The molecule has 1 spiro atoms. The highest BCUT2D eigenvalue weighted by molar-refractivity contribution is 6.13. The topological polar surface area (TPSA) is 83.8 Å². The van der Waals surface area contributed by atoms with Crippen LogP contribution in [0.1, 0.15) is 53.9 Å². The van der Waals surface area contributed by atoms with Gasteiger partial charge in [-0.1, -0.05) is 13.8 Å². The molecule has 0 aromatic heterocycles. The highest BCUT2D eigenvalue weighted by Crippen LogP contribution is 2.81. The van der Waals surface area contributed by atoms with E-state index in [4.69, 9.17) is 4.74 Å². The summed E-state index contributed by atoms with van der Waals surface area (Å²) in [5.41, 5.74) is -4.91. The molecule has 0 unspecified atom stereocenters. The van der Waals surface area contributed by atoms with E-state index in [1.807, 2.05) is 20.8 Å². The van der Waals surface area contributed by atoms with Crippen LogP contribution in [-0.2, 0) is 14.3 Å². The van der Waals surface area contributed by atoms with Crippen LogP contribution >= 0.6 is 0 Å². The minimum atomic E-state index is -2.22. The predicted octanol–water partition coefficient (Wildman–Crippen LogP) is 1.69. The van der Waals surface area contributed by atoms with Crippen LogP contribution in [0.3, 0.4) is 0 Å². The average molecular weight is 348 g/mol. The van der Waals surface area contributed by atoms with Crippen molar-refractivity contribution in [1.29, 1.82) is 0 Å². The molecule has 5 rings (SSSR count). The lowest BCUT2D eigenvalue weighted by molar-refractivity contribution is -0.283. The van der Waals surface area contributed by atoms with Gasteiger partial charge < -0.3 is 14.9 Å². The predicted molar refractivity (Wildman–Crippen MR) is 88.3 cm³/mol. The summed E-state index contributed by atoms with van der Waals surface area (Å²) in [7, 11) is 0. The largest absolute Gasteiger partial charge is 0.380 e. The molecule has 4 saturated carbocycles. The van der Waals surface area contributed by atoms with Crippen molar-refractivity contribution in [2.45, 2.75) is 70.9 Å². The lowest BCUT2D eigenvalue weighted by atomic mass is 9.45. The van der Waals surface area contributed by atoms with Gasteiger partial charge in [0.25, 0.3) is 0 Å². The van der Waals surface area contributed by atoms with E-state index in [1.165, 1.54) is 0 Å². The number of ketones is 2. The second kappa shape index (κ2) is 3.90. The molecule has 5 aliphatic rings. The summed E-state index contributed by atoms with van der Waals surface area (Å²) in [4.78, 5) is 27.6. The smallest absolute Gasteiger partial charge is 0.243 e. The Balaban J connectivity index is 1.91. The second-order valence-corrected chi connectivity index (χ2v) is 10.2. The molecular weight excluding hydrogens is 320 g/mol. The van der Waals surface area contributed by atoms with Gasteiger partial charge in [-0.25, -0.2) is 0 Å². The SMILES string of the molecule is C[C@H]1C[C@H]2[C@@H]3C(C)(C)O[C@]4(O)C(=O)[C@]5(O)[C@@H](C)CC[C@H]1[C@]25C(=O)[C@]34C. The van der Waals surface area contributed by atoms with Crippen molar-refractivity contribution in [2.75, 3.05) is 0 Å². The zero-order chi connectivity index (χ0) is 18.4. The van der Waals surface area contributed by atoms with Crippen LogP contribution in [-0.4, -0.2) is 38.8 Å². The van der Waals surface area contributed by atoms with Crippen molar-refractivity contribution in [3.63, 3.8) is 0 Å². The van der Waals surface area contributed by atoms with Crippen molar-refractivity contribution in [3.05, 3.63) is 0 Å². The third-order valence-corrected chi connectivity index (χ3v) is 9.13. The van der Waals surface area contributed by atoms with Crippen molar-refractivity contribution >= 4 is 11.6 Å². The van der Waals surface area contributed by atoms with Gasteiger partial charge in [0, 0.05) is 5.92 Å². The number of rotatable bonds is 0. The van der Waals surface area contributed by atoms with E-state index in [0.717, 1.165) is 12.8 Å². The Morgan fingerprint density at radius 2 is 1.64 bits per heavy atom. The molecule has 4 aliphatic carbocycles. The minimum absolute atomic E-state index is 0.0120. The van der Waals surface area contributed by atoms with Crippen LogP contribution in [0.15, 0.2) is 0 Å². The fraction of sp³-hybridized carbons (Fsp3) is 0.900. The lowest BCUT2D eigenvalue weighted by Crippen LogP contribution is -2.78. The number of fused-ring (bicyclic) bond motifs is 1. The molecule has 5 nitrogen and oxygen atoms in total. The van der Waals surface area contributed by atoms with E-state index in [-0.39, 0.29) is 35.4 Å². The molecule has 5 heteroatoms. The molecule has 1 saturated heterocycles. The van der Waals surface area contributed by atoms with Crippen LogP contribution in [0.25, 0.3) is 0 Å². The molecule has 2 bridgehead atoms. The molecule has 5 fully saturated rings. The Morgan fingerprint density at radius 1 is 1.00 bits per heavy atom. The van der Waals surface area contributed by atoms with Crippen molar-refractivity contribution in [2.24, 2.45) is 40.4 Å². The van der Waals surface area contributed by atoms with Gasteiger partial charge in [-0.3, -0.25) is 9.59 Å². The first-order valence-electron chi connectivity index (χ1n) is 9.66. The van der Waals surface area contributed by atoms with Crippen molar-refractivity contribution in [1.82, 2.24) is 0 Å². The number of aliphatic hydroxyl groups is 2. The maximum Gasteiger partial charge on any atom is 0.243 e. The normalized spacial score (nSPS) is 63.9. The summed E-state index contributed by atoms with van der Waals surface area (Å²) in [6, 6.07) is 0. The number of ether oxygens (including phenoxy) is 1. The minimum Gasteiger partial charge on any atom is -0.380 e. The molecule has 1 heterocycles. The first kappa shape index (κ1) is 16.4. The summed E-state index contributed by atoms with van der Waals surface area (Å²) >= 11 is 0. The molecule has 0 radical (unpaired) electrons. The van der Waals surface area contributed by atoms with Gasteiger partial charge in [0.05, 0.1) is 16.4 Å². The Morgan fingerprint density at radius 3 is 2.28 bits per heavy atom. The first-order valence-corrected chi connectivity index (χ1v) is 9.66. The van der Waals surface area contributed by atoms with Gasteiger partial charge in [-0.15, -0.1) is 0 Å². The maximum absolute atomic E-state index is 14.0. The number of hydrogen-bond donors (Lipinski definition) is 2. The standard InChI is InChI=1S/C20H28O5/c1-9-8-12-13-16(3,4)25-20(24)15(22)19(23)10(2)6-7-11(9)18(12,19)14(21)17(13,20)5/h9-13,23-24H,6-8H2,1-5H3/t9-,10-,11+,12-,13+,17-,18+,19+,20+/m0/s1. The lowest BCUT2D eigenvalue weighted by Gasteiger charge is -2.60. The van der Waals surface area contributed by atoms with E-state index in [9.17, 15) is 19.8 Å². The van der Waals surface area contributed by atoms with Gasteiger partial charge in [-0.2, -0.15) is 0 Å². The van der Waals surface area contributed by atoms with Crippen LogP contribution in [0.4, 0.5) is 0 Å². The Labute approximate surface area is 148 Å². The van der Waals surface area contributed by atoms with Crippen LogP contribution in [0.2, 0.25) is 0 Å². The zero-order valence-corrected chi connectivity index (χ0v) is 15.6. The monoisotopic (exact) mass is 348 g/mol. The summed E-state index contributed by atoms with van der Waals surface area (Å²) < 4.78 is 5.95. The molecule has 0 amide bonds. The fourth-order valence-corrected chi connectivity index (χ4v) is 8.53. The van der Waals surface area contributed by atoms with Gasteiger partial charge in [0.2, 0.25) is 11.6 Å². The van der Waals surface area contributed by atoms with Crippen molar-refractivity contribution < 1.29 is 24.5 Å². The number of hydrogen-bond acceptors (Lipinski definition) is 5. The van der Waals surface area contributed by atoms with Gasteiger partial charge in [-0.05, 0) is 63.7 Å². The van der Waals surface area contributed by atoms with E-state index < -0.39 is 33.6 Å². The third kappa shape index (κ3) is 1.18. The van der Waals surface area contributed by atoms with Crippen LogP contribution < -0.4 is 0 Å². The van der Waals surface area contributed by atoms with E-state index in [0.29, 0.717) is 6.42 Å². The summed E-state index contributed by atoms with van der Waals surface area (Å²) in [5, 5.41) is 23.2. The second-order valence-electron chi connectivity index (χ2n) is 10.2. The number of Topliss-reactive ketones (excluding diaryl/α,β-unsaturated/α-hetero) is 2. The fourth-order valence-electron chi connectivity index (χ4n) is 8.53. The van der Waals surface area contributed by atoms with Crippen molar-refractivity contribution in [3.8, 4) is 0 Å². The van der Waals surface area contributed by atoms with Gasteiger partial charge >= 0.3 is 0 Å². The molecule has 1 aliphatic heterocycles. The summed E-state index contributed by atoms with van der Waals surface area (Å²) in [6.07, 6.45) is 2.37. The molecule has 2 N–H and O–H groups in total. The maximum atomic E-state index is 14.0. The first-order chi connectivity index (χ1) is 11.4. The van der Waals surface area contributed by atoms with Crippen LogP contribution in [0.5, 0.6) is 0 Å². The van der Waals surface area contributed by atoms with E-state index in [1.54, 1.807) is 6.92 Å². The molecular formula is C20H28O5. The number of carbonyl (C=O) groups excluding carboxylic acids is 2. The summed E-state index contributed by atoms with van der Waals surface area (Å²) in [6.45, 7) is 9.46. The zero-order valence-electron chi connectivity index (χ0n) is 15.6. The third-order valence-electron chi connectivity index (χ3n) is 9.13. The highest BCUT2D eigenvalue weighted by atomic mass is 16.7.